The Morgan fingerprint density at radius 1 is 1.50 bits per heavy atom. The summed E-state index contributed by atoms with van der Waals surface area (Å²) >= 11 is 0. The number of hydrogen-bond donors (Lipinski definition) is 1. The van der Waals surface area contributed by atoms with Gasteiger partial charge < -0.3 is 14.8 Å². The van der Waals surface area contributed by atoms with E-state index in [1.54, 1.807) is 7.11 Å². The number of esters is 1. The highest BCUT2D eigenvalue weighted by molar-refractivity contribution is 5.70. The maximum Gasteiger partial charge on any atom is 0.307 e. The zero-order valence-electron chi connectivity index (χ0n) is 9.72. The van der Waals surface area contributed by atoms with E-state index in [1.807, 2.05) is 20.8 Å². The standard InChI is InChI=1S/C10H21NO3/c1-6-11-10(3,8(2)13-4)7-9(12)14-5/h8,11H,6-7H2,1-5H3. The molecule has 0 saturated carbocycles. The van der Waals surface area contributed by atoms with Crippen LogP contribution in [0.5, 0.6) is 0 Å². The minimum absolute atomic E-state index is 0.0402. The predicted octanol–water partition coefficient (Wildman–Crippen LogP) is 0.953. The lowest BCUT2D eigenvalue weighted by molar-refractivity contribution is -0.143. The molecule has 0 spiro atoms. The van der Waals surface area contributed by atoms with Gasteiger partial charge in [-0.3, -0.25) is 4.79 Å². The van der Waals surface area contributed by atoms with Gasteiger partial charge in [-0.1, -0.05) is 6.92 Å². The van der Waals surface area contributed by atoms with Crippen molar-refractivity contribution in [3.05, 3.63) is 0 Å². The molecule has 0 bridgehead atoms. The summed E-state index contributed by atoms with van der Waals surface area (Å²) in [5.41, 5.74) is -0.364. The average molecular weight is 203 g/mol. The van der Waals surface area contributed by atoms with Gasteiger partial charge >= 0.3 is 5.97 Å². The molecule has 0 saturated heterocycles. The molecular formula is C10H21NO3. The monoisotopic (exact) mass is 203 g/mol. The fourth-order valence-corrected chi connectivity index (χ4v) is 1.39. The molecule has 4 heteroatoms. The second-order valence-corrected chi connectivity index (χ2v) is 3.58. The van der Waals surface area contributed by atoms with Crippen LogP contribution in [0.4, 0.5) is 0 Å². The fraction of sp³-hybridized carbons (Fsp3) is 0.900. The first kappa shape index (κ1) is 13.4. The first-order valence-electron chi connectivity index (χ1n) is 4.84. The summed E-state index contributed by atoms with van der Waals surface area (Å²) in [5.74, 6) is -0.225. The first-order valence-corrected chi connectivity index (χ1v) is 4.84. The maximum absolute atomic E-state index is 11.2. The van der Waals surface area contributed by atoms with Gasteiger partial charge in [0.05, 0.1) is 25.2 Å². The molecule has 0 aliphatic rings. The highest BCUT2D eigenvalue weighted by atomic mass is 16.5. The van der Waals surface area contributed by atoms with E-state index in [9.17, 15) is 4.79 Å². The van der Waals surface area contributed by atoms with Crippen molar-refractivity contribution in [1.82, 2.24) is 5.32 Å². The topological polar surface area (TPSA) is 47.6 Å². The highest BCUT2D eigenvalue weighted by Crippen LogP contribution is 2.17. The largest absolute Gasteiger partial charge is 0.469 e. The van der Waals surface area contributed by atoms with Crippen molar-refractivity contribution in [3.8, 4) is 0 Å². The molecule has 0 heterocycles. The van der Waals surface area contributed by atoms with Crippen LogP contribution in [0.2, 0.25) is 0 Å². The summed E-state index contributed by atoms with van der Waals surface area (Å²) in [6.45, 7) is 6.69. The molecule has 0 radical (unpaired) electrons. The van der Waals surface area contributed by atoms with Gasteiger partial charge in [0.1, 0.15) is 0 Å². The lowest BCUT2D eigenvalue weighted by atomic mass is 9.91. The van der Waals surface area contributed by atoms with Crippen LogP contribution in [-0.4, -0.2) is 38.4 Å². The van der Waals surface area contributed by atoms with Crippen LogP contribution >= 0.6 is 0 Å². The average Bonchev–Trinajstić information content (AvgIpc) is 2.16. The van der Waals surface area contributed by atoms with E-state index >= 15 is 0 Å². The van der Waals surface area contributed by atoms with Crippen LogP contribution in [0, 0.1) is 0 Å². The van der Waals surface area contributed by atoms with E-state index in [1.165, 1.54) is 7.11 Å². The summed E-state index contributed by atoms with van der Waals surface area (Å²) in [7, 11) is 3.03. The second-order valence-electron chi connectivity index (χ2n) is 3.58. The third-order valence-corrected chi connectivity index (χ3v) is 2.57. The summed E-state index contributed by atoms with van der Waals surface area (Å²) in [4.78, 5) is 11.2. The molecule has 1 N–H and O–H groups in total. The fourth-order valence-electron chi connectivity index (χ4n) is 1.39. The van der Waals surface area contributed by atoms with Gasteiger partial charge in [-0.15, -0.1) is 0 Å². The quantitative estimate of drug-likeness (QED) is 0.653. The molecule has 0 rings (SSSR count). The van der Waals surface area contributed by atoms with Gasteiger partial charge in [-0.05, 0) is 20.4 Å². The van der Waals surface area contributed by atoms with E-state index in [4.69, 9.17) is 4.74 Å². The van der Waals surface area contributed by atoms with Crippen LogP contribution < -0.4 is 5.32 Å². The van der Waals surface area contributed by atoms with Crippen molar-refractivity contribution in [2.45, 2.75) is 38.8 Å². The number of carbonyl (C=O) groups excluding carboxylic acids is 1. The number of ether oxygens (including phenoxy) is 2. The van der Waals surface area contributed by atoms with Gasteiger partial charge in [0.25, 0.3) is 0 Å². The van der Waals surface area contributed by atoms with Gasteiger partial charge in [0.15, 0.2) is 0 Å². The molecule has 0 aromatic carbocycles. The third-order valence-electron chi connectivity index (χ3n) is 2.57. The Kier molecular flexibility index (Phi) is 5.72. The third kappa shape index (κ3) is 3.64. The van der Waals surface area contributed by atoms with E-state index < -0.39 is 0 Å². The van der Waals surface area contributed by atoms with Crippen molar-refractivity contribution in [2.75, 3.05) is 20.8 Å². The minimum Gasteiger partial charge on any atom is -0.469 e. The smallest absolute Gasteiger partial charge is 0.307 e. The Morgan fingerprint density at radius 3 is 2.43 bits per heavy atom. The van der Waals surface area contributed by atoms with Crippen molar-refractivity contribution >= 4 is 5.97 Å². The minimum atomic E-state index is -0.364. The highest BCUT2D eigenvalue weighted by Gasteiger charge is 2.33. The van der Waals surface area contributed by atoms with Gasteiger partial charge in [0.2, 0.25) is 0 Å². The molecule has 4 nitrogen and oxygen atoms in total. The zero-order chi connectivity index (χ0) is 11.2. The van der Waals surface area contributed by atoms with Gasteiger partial charge in [-0.2, -0.15) is 0 Å². The Bertz CT molecular complexity index is 184. The second kappa shape index (κ2) is 5.98. The van der Waals surface area contributed by atoms with Crippen molar-refractivity contribution in [1.29, 1.82) is 0 Å². The molecule has 0 aromatic heterocycles. The van der Waals surface area contributed by atoms with E-state index in [0.717, 1.165) is 6.54 Å². The van der Waals surface area contributed by atoms with Crippen LogP contribution in [0.25, 0.3) is 0 Å². The predicted molar refractivity (Wildman–Crippen MR) is 55.2 cm³/mol. The molecule has 0 aliphatic carbocycles. The van der Waals surface area contributed by atoms with Gasteiger partial charge in [-0.25, -0.2) is 0 Å². The first-order chi connectivity index (χ1) is 6.50. The van der Waals surface area contributed by atoms with Crippen molar-refractivity contribution in [2.24, 2.45) is 0 Å². The summed E-state index contributed by atoms with van der Waals surface area (Å²) < 4.78 is 9.90. The van der Waals surface area contributed by atoms with Crippen LogP contribution in [-0.2, 0) is 14.3 Å². The molecule has 0 fully saturated rings. The molecule has 2 atom stereocenters. The normalized spacial score (nSPS) is 17.2. The van der Waals surface area contributed by atoms with Gasteiger partial charge in [0, 0.05) is 7.11 Å². The van der Waals surface area contributed by atoms with Crippen LogP contribution in [0.1, 0.15) is 27.2 Å². The molecule has 0 amide bonds. The Labute approximate surface area is 86.0 Å². The lowest BCUT2D eigenvalue weighted by Gasteiger charge is -2.34. The van der Waals surface area contributed by atoms with E-state index in [0.29, 0.717) is 6.42 Å². The lowest BCUT2D eigenvalue weighted by Crippen LogP contribution is -2.53. The molecule has 2 unspecified atom stereocenters. The zero-order valence-corrected chi connectivity index (χ0v) is 9.72. The summed E-state index contributed by atoms with van der Waals surface area (Å²) in [5, 5.41) is 3.25. The summed E-state index contributed by atoms with van der Waals surface area (Å²) in [6.07, 6.45) is 0.272. The van der Waals surface area contributed by atoms with Crippen LogP contribution in [0.15, 0.2) is 0 Å². The number of methoxy groups -OCH3 is 2. The number of rotatable bonds is 6. The molecular weight excluding hydrogens is 182 g/mol. The molecule has 84 valence electrons. The Morgan fingerprint density at radius 2 is 2.07 bits per heavy atom. The molecule has 0 aromatic rings. The van der Waals surface area contributed by atoms with E-state index in [2.05, 4.69) is 10.1 Å². The van der Waals surface area contributed by atoms with Crippen molar-refractivity contribution < 1.29 is 14.3 Å². The van der Waals surface area contributed by atoms with Crippen molar-refractivity contribution in [3.63, 3.8) is 0 Å². The number of hydrogen-bond acceptors (Lipinski definition) is 4. The number of carbonyl (C=O) groups is 1. The Balaban J connectivity index is 4.45. The number of likely N-dealkylation sites (N-methyl/N-ethyl adjacent to an activating group) is 1. The Hall–Kier alpha value is -0.610. The maximum atomic E-state index is 11.2. The molecule has 14 heavy (non-hydrogen) atoms. The molecule has 0 aliphatic heterocycles. The number of nitrogens with one attached hydrogen (secondary N) is 1. The van der Waals surface area contributed by atoms with Crippen LogP contribution in [0.3, 0.4) is 0 Å². The SMILES string of the molecule is CCNC(C)(CC(=O)OC)C(C)OC. The summed E-state index contributed by atoms with van der Waals surface area (Å²) in [6, 6.07) is 0. The van der Waals surface area contributed by atoms with E-state index in [-0.39, 0.29) is 17.6 Å².